The molecule has 2 fully saturated rings. The maximum atomic E-state index is 13.6. The van der Waals surface area contributed by atoms with Gasteiger partial charge in [-0.2, -0.15) is 18.3 Å². The van der Waals surface area contributed by atoms with Gasteiger partial charge < -0.3 is 14.7 Å². The van der Waals surface area contributed by atoms with Gasteiger partial charge in [0, 0.05) is 31.6 Å². The molecule has 0 saturated carbocycles. The summed E-state index contributed by atoms with van der Waals surface area (Å²) in [5.74, 6) is -0.228. The smallest absolute Gasteiger partial charge is 0.416 e. The number of aliphatic hydroxyl groups excluding tert-OH is 1. The minimum atomic E-state index is -4.54. The first-order valence-corrected chi connectivity index (χ1v) is 13.3. The Labute approximate surface area is 227 Å². The predicted molar refractivity (Wildman–Crippen MR) is 141 cm³/mol. The van der Waals surface area contributed by atoms with Crippen LogP contribution in [-0.2, 0) is 17.5 Å². The SMILES string of the molecule is COc1ccc(Cn2ncc3cc(C=C4SC(=O)N(CCN5CCC(O)CC5)C4=O)ccc32)c(C(F)(F)F)c1. The number of rotatable bonds is 7. The molecule has 2 aliphatic heterocycles. The lowest BCUT2D eigenvalue weighted by Crippen LogP contribution is -2.42. The second-order valence-corrected chi connectivity index (χ2v) is 10.5. The fraction of sp³-hybridized carbons (Fsp3) is 0.370. The predicted octanol–water partition coefficient (Wildman–Crippen LogP) is 4.61. The zero-order chi connectivity index (χ0) is 27.7. The van der Waals surface area contributed by atoms with Crippen molar-refractivity contribution in [3.05, 3.63) is 64.2 Å². The van der Waals surface area contributed by atoms with Gasteiger partial charge in [-0.3, -0.25) is 19.2 Å². The second-order valence-electron chi connectivity index (χ2n) is 9.55. The van der Waals surface area contributed by atoms with Crippen molar-refractivity contribution in [2.45, 2.75) is 31.7 Å². The molecule has 2 saturated heterocycles. The van der Waals surface area contributed by atoms with Crippen molar-refractivity contribution < 1.29 is 32.6 Å². The summed E-state index contributed by atoms with van der Waals surface area (Å²) >= 11 is 0.885. The number of thioether (sulfide) groups is 1. The molecular weight excluding hydrogens is 533 g/mol. The van der Waals surface area contributed by atoms with Crippen molar-refractivity contribution in [1.29, 1.82) is 0 Å². The molecule has 0 unspecified atom stereocenters. The van der Waals surface area contributed by atoms with Gasteiger partial charge in [0.15, 0.2) is 0 Å². The topological polar surface area (TPSA) is 87.9 Å². The van der Waals surface area contributed by atoms with Crippen LogP contribution in [0, 0.1) is 0 Å². The highest BCUT2D eigenvalue weighted by Gasteiger charge is 2.36. The van der Waals surface area contributed by atoms with Crippen molar-refractivity contribution in [3.8, 4) is 5.75 Å². The molecule has 2 amide bonds. The van der Waals surface area contributed by atoms with Crippen LogP contribution in [-0.4, -0.2) is 75.2 Å². The van der Waals surface area contributed by atoms with Crippen LogP contribution in [0.25, 0.3) is 17.0 Å². The van der Waals surface area contributed by atoms with E-state index in [-0.39, 0.29) is 41.7 Å². The summed E-state index contributed by atoms with van der Waals surface area (Å²) in [5.41, 5.74) is 0.594. The average molecular weight is 561 g/mol. The molecule has 0 atom stereocenters. The zero-order valence-corrected chi connectivity index (χ0v) is 22.0. The number of hydrogen-bond donors (Lipinski definition) is 1. The number of nitrogens with zero attached hydrogens (tertiary/aromatic N) is 4. The van der Waals surface area contributed by atoms with Gasteiger partial charge in [-0.25, -0.2) is 0 Å². The molecule has 1 aromatic heterocycles. The van der Waals surface area contributed by atoms with Crippen LogP contribution in [0.3, 0.4) is 0 Å². The highest BCUT2D eigenvalue weighted by Crippen LogP contribution is 2.36. The molecule has 206 valence electrons. The summed E-state index contributed by atoms with van der Waals surface area (Å²) in [6.07, 6.45) is -0.256. The van der Waals surface area contributed by atoms with E-state index in [1.165, 1.54) is 28.8 Å². The maximum absolute atomic E-state index is 13.6. The number of hydrogen-bond acceptors (Lipinski definition) is 7. The molecule has 0 aliphatic carbocycles. The molecule has 5 rings (SSSR count). The van der Waals surface area contributed by atoms with Crippen molar-refractivity contribution in [2.24, 2.45) is 0 Å². The van der Waals surface area contributed by atoms with Crippen LogP contribution in [0.1, 0.15) is 29.5 Å². The Hall–Kier alpha value is -3.35. The number of carbonyl (C=O) groups is 2. The number of benzene rings is 2. The molecule has 12 heteroatoms. The Morgan fingerprint density at radius 1 is 1.13 bits per heavy atom. The zero-order valence-electron chi connectivity index (χ0n) is 21.1. The molecule has 8 nitrogen and oxygen atoms in total. The summed E-state index contributed by atoms with van der Waals surface area (Å²) in [7, 11) is 1.32. The number of methoxy groups -OCH3 is 1. The van der Waals surface area contributed by atoms with Gasteiger partial charge >= 0.3 is 6.18 Å². The number of halogens is 3. The van der Waals surface area contributed by atoms with E-state index in [0.717, 1.165) is 30.9 Å². The average Bonchev–Trinajstić information content (AvgIpc) is 3.42. The van der Waals surface area contributed by atoms with Crippen LogP contribution in [0.4, 0.5) is 18.0 Å². The first-order chi connectivity index (χ1) is 18.6. The largest absolute Gasteiger partial charge is 0.497 e. The number of aromatic nitrogens is 2. The van der Waals surface area contributed by atoms with E-state index in [0.29, 0.717) is 40.8 Å². The highest BCUT2D eigenvalue weighted by molar-refractivity contribution is 8.18. The number of piperidine rings is 1. The quantitative estimate of drug-likeness (QED) is 0.423. The molecule has 1 N–H and O–H groups in total. The van der Waals surface area contributed by atoms with Gasteiger partial charge in [-0.15, -0.1) is 0 Å². The summed E-state index contributed by atoms with van der Waals surface area (Å²) in [6, 6.07) is 9.10. The number of fused-ring (bicyclic) bond motifs is 1. The number of ether oxygens (including phenoxy) is 1. The fourth-order valence-corrected chi connectivity index (χ4v) is 5.66. The molecule has 3 aromatic rings. The van der Waals surface area contributed by atoms with Crippen molar-refractivity contribution in [1.82, 2.24) is 19.6 Å². The number of aliphatic hydroxyl groups is 1. The lowest BCUT2D eigenvalue weighted by Gasteiger charge is -2.30. The van der Waals surface area contributed by atoms with E-state index in [9.17, 15) is 27.9 Å². The summed E-state index contributed by atoms with van der Waals surface area (Å²) in [4.78, 5) is 29.1. The molecule has 2 aliphatic rings. The maximum Gasteiger partial charge on any atom is 0.416 e. The molecule has 0 bridgehead atoms. The minimum absolute atomic E-state index is 0.0618. The van der Waals surface area contributed by atoms with Crippen molar-refractivity contribution >= 4 is 39.9 Å². The number of carbonyl (C=O) groups excluding carboxylic acids is 2. The summed E-state index contributed by atoms with van der Waals surface area (Å²) < 4.78 is 47.4. The lowest BCUT2D eigenvalue weighted by molar-refractivity contribution is -0.138. The van der Waals surface area contributed by atoms with E-state index < -0.39 is 11.7 Å². The molecule has 0 spiro atoms. The van der Waals surface area contributed by atoms with Gasteiger partial charge in [-0.1, -0.05) is 12.1 Å². The van der Waals surface area contributed by atoms with Crippen LogP contribution in [0.15, 0.2) is 47.5 Å². The van der Waals surface area contributed by atoms with Crippen LogP contribution in [0.5, 0.6) is 5.75 Å². The third kappa shape index (κ3) is 5.97. The highest BCUT2D eigenvalue weighted by atomic mass is 32.2. The van der Waals surface area contributed by atoms with Crippen LogP contribution < -0.4 is 4.74 Å². The van der Waals surface area contributed by atoms with Crippen molar-refractivity contribution in [3.63, 3.8) is 0 Å². The van der Waals surface area contributed by atoms with E-state index in [2.05, 4.69) is 10.00 Å². The Balaban J connectivity index is 1.30. The monoisotopic (exact) mass is 560 g/mol. The third-order valence-electron chi connectivity index (χ3n) is 6.98. The van der Waals surface area contributed by atoms with E-state index in [1.807, 2.05) is 0 Å². The van der Waals surface area contributed by atoms with E-state index >= 15 is 0 Å². The first-order valence-electron chi connectivity index (χ1n) is 12.5. The standard InChI is InChI=1S/C27H27F3N4O4S/c1-38-21-4-3-18(22(14-21)27(28,29)30)16-34-23-5-2-17(12-19(23)15-31-34)13-24-25(36)33(26(37)39-24)11-10-32-8-6-20(35)7-9-32/h2-5,12-15,20,35H,6-11,16H2,1H3. The number of alkyl halides is 3. The molecule has 39 heavy (non-hydrogen) atoms. The van der Waals surface area contributed by atoms with Crippen molar-refractivity contribution in [2.75, 3.05) is 33.3 Å². The van der Waals surface area contributed by atoms with Gasteiger partial charge in [0.25, 0.3) is 11.1 Å². The Bertz CT molecular complexity index is 1430. The van der Waals surface area contributed by atoms with Crippen LogP contribution >= 0.6 is 11.8 Å². The van der Waals surface area contributed by atoms with Crippen LogP contribution in [0.2, 0.25) is 0 Å². The Morgan fingerprint density at radius 2 is 1.90 bits per heavy atom. The number of likely N-dealkylation sites (tertiary alicyclic amines) is 1. The minimum Gasteiger partial charge on any atom is -0.497 e. The third-order valence-corrected chi connectivity index (χ3v) is 7.88. The van der Waals surface area contributed by atoms with Gasteiger partial charge in [0.2, 0.25) is 0 Å². The van der Waals surface area contributed by atoms with E-state index in [4.69, 9.17) is 4.74 Å². The molecule has 3 heterocycles. The second kappa shape index (κ2) is 11.0. The Morgan fingerprint density at radius 3 is 2.62 bits per heavy atom. The molecule has 2 aromatic carbocycles. The van der Waals surface area contributed by atoms with Gasteiger partial charge in [-0.05, 0) is 66.1 Å². The summed E-state index contributed by atoms with van der Waals surface area (Å²) in [5, 5.41) is 14.3. The number of imide groups is 1. The first kappa shape index (κ1) is 27.2. The van der Waals surface area contributed by atoms with E-state index in [1.54, 1.807) is 30.5 Å². The summed E-state index contributed by atoms with van der Waals surface area (Å²) in [6.45, 7) is 2.23. The van der Waals surface area contributed by atoms with Gasteiger partial charge in [0.05, 0.1) is 41.9 Å². The lowest BCUT2D eigenvalue weighted by atomic mass is 10.1. The normalized spacial score (nSPS) is 18.6. The molecular formula is C27H27F3N4O4S. The Kier molecular flexibility index (Phi) is 7.70. The van der Waals surface area contributed by atoms with Gasteiger partial charge in [0.1, 0.15) is 5.75 Å². The fourth-order valence-electron chi connectivity index (χ4n) is 4.80. The molecule has 0 radical (unpaired) electrons. The number of amides is 2.